The molecule has 2 heterocycles. The molecule has 0 spiro atoms. The summed E-state index contributed by atoms with van der Waals surface area (Å²) in [5, 5.41) is 7.45. The Morgan fingerprint density at radius 1 is 0.875 bits per heavy atom. The van der Waals surface area contributed by atoms with Gasteiger partial charge in [-0.3, -0.25) is 9.89 Å². The molecule has 1 aromatic heterocycles. The third-order valence-corrected chi connectivity index (χ3v) is 6.11. The minimum absolute atomic E-state index is 0.0204. The number of likely N-dealkylation sites (tertiary alicyclic amines) is 1. The molecule has 1 aliphatic rings. The van der Waals surface area contributed by atoms with E-state index in [0.29, 0.717) is 12.2 Å². The summed E-state index contributed by atoms with van der Waals surface area (Å²) in [5.74, 6) is 1.64. The van der Waals surface area contributed by atoms with Gasteiger partial charge in [0.2, 0.25) is 5.91 Å². The van der Waals surface area contributed by atoms with E-state index in [1.54, 1.807) is 0 Å². The van der Waals surface area contributed by atoms with Crippen LogP contribution in [0.2, 0.25) is 0 Å². The maximum Gasteiger partial charge on any atom is 0.223 e. The zero-order valence-corrected chi connectivity index (χ0v) is 17.9. The van der Waals surface area contributed by atoms with Crippen molar-refractivity contribution < 1.29 is 4.79 Å². The zero-order valence-electron chi connectivity index (χ0n) is 17.9. The molecule has 1 N–H and O–H groups in total. The molecular weight excluding hydrogens is 396 g/mol. The summed E-state index contributed by atoms with van der Waals surface area (Å²) in [6.45, 7) is 0.776. The lowest BCUT2D eigenvalue weighted by atomic mass is 10.0. The number of carbonyl (C=O) groups excluding carboxylic acids is 1. The highest BCUT2D eigenvalue weighted by Gasteiger charge is 2.32. The van der Waals surface area contributed by atoms with Gasteiger partial charge in [0.15, 0.2) is 5.82 Å². The lowest BCUT2D eigenvalue weighted by Gasteiger charge is -2.23. The number of benzene rings is 3. The standard InChI is InChI=1S/C27H26N4O/c32-25(18-15-20-13-16-22(17-14-20)21-8-3-1-4-9-21)31-19-7-12-24(31)27-28-26(29-30-27)23-10-5-2-6-11-23/h1-6,8-11,13-14,16-17,24H,7,12,15,18-19H2,(H,28,29,30)/t24-/m0/s1. The molecule has 0 aliphatic carbocycles. The monoisotopic (exact) mass is 422 g/mol. The molecule has 1 aliphatic heterocycles. The zero-order chi connectivity index (χ0) is 21.8. The molecule has 0 bridgehead atoms. The van der Waals surface area contributed by atoms with Gasteiger partial charge in [0.25, 0.3) is 0 Å². The first-order chi connectivity index (χ1) is 15.8. The Kier molecular flexibility index (Phi) is 5.79. The summed E-state index contributed by atoms with van der Waals surface area (Å²) in [6, 6.07) is 28.7. The van der Waals surface area contributed by atoms with Crippen LogP contribution in [0, 0.1) is 0 Å². The Bertz CT molecular complexity index is 1170. The number of hydrogen-bond acceptors (Lipinski definition) is 3. The molecular formula is C27H26N4O. The molecule has 5 nitrogen and oxygen atoms in total. The van der Waals surface area contributed by atoms with Crippen LogP contribution in [-0.4, -0.2) is 32.5 Å². The van der Waals surface area contributed by atoms with Gasteiger partial charge in [-0.1, -0.05) is 84.9 Å². The molecule has 160 valence electrons. The number of amides is 1. The summed E-state index contributed by atoms with van der Waals surface area (Å²) in [5.41, 5.74) is 4.56. The van der Waals surface area contributed by atoms with E-state index in [1.165, 1.54) is 16.7 Å². The Morgan fingerprint density at radius 3 is 2.25 bits per heavy atom. The SMILES string of the molecule is O=C(CCc1ccc(-c2ccccc2)cc1)N1CCC[C@H]1c1nc(-c2ccccc2)n[nH]1. The van der Waals surface area contributed by atoms with Crippen LogP contribution in [0.3, 0.4) is 0 Å². The van der Waals surface area contributed by atoms with E-state index in [9.17, 15) is 4.79 Å². The molecule has 0 unspecified atom stereocenters. The number of nitrogens with zero attached hydrogens (tertiary/aromatic N) is 3. The second kappa shape index (κ2) is 9.18. The van der Waals surface area contributed by atoms with E-state index >= 15 is 0 Å². The van der Waals surface area contributed by atoms with Crippen LogP contribution >= 0.6 is 0 Å². The van der Waals surface area contributed by atoms with Crippen LogP contribution in [0.4, 0.5) is 0 Å². The average Bonchev–Trinajstić information content (AvgIpc) is 3.54. The Labute approximate surface area is 188 Å². The topological polar surface area (TPSA) is 61.9 Å². The molecule has 0 saturated carbocycles. The number of rotatable bonds is 6. The van der Waals surface area contributed by atoms with E-state index in [1.807, 2.05) is 53.4 Å². The van der Waals surface area contributed by atoms with Gasteiger partial charge in [0.1, 0.15) is 5.82 Å². The van der Waals surface area contributed by atoms with E-state index in [4.69, 9.17) is 4.98 Å². The molecule has 3 aromatic carbocycles. The molecule has 1 saturated heterocycles. The van der Waals surface area contributed by atoms with Gasteiger partial charge in [-0.25, -0.2) is 4.98 Å². The maximum atomic E-state index is 13.0. The van der Waals surface area contributed by atoms with Crippen molar-refractivity contribution in [2.24, 2.45) is 0 Å². The molecule has 5 rings (SSSR count). The van der Waals surface area contributed by atoms with Gasteiger partial charge in [0.05, 0.1) is 6.04 Å². The second-order valence-corrected chi connectivity index (χ2v) is 8.22. The molecule has 5 heteroatoms. The van der Waals surface area contributed by atoms with Crippen LogP contribution < -0.4 is 0 Å². The summed E-state index contributed by atoms with van der Waals surface area (Å²) in [6.07, 6.45) is 3.15. The van der Waals surface area contributed by atoms with Crippen molar-refractivity contribution >= 4 is 5.91 Å². The van der Waals surface area contributed by atoms with Gasteiger partial charge in [0, 0.05) is 18.5 Å². The lowest BCUT2D eigenvalue weighted by Crippen LogP contribution is -2.31. The van der Waals surface area contributed by atoms with Gasteiger partial charge in [-0.05, 0) is 36.0 Å². The quantitative estimate of drug-likeness (QED) is 0.450. The van der Waals surface area contributed by atoms with E-state index in [0.717, 1.165) is 37.2 Å². The van der Waals surface area contributed by atoms with E-state index in [-0.39, 0.29) is 11.9 Å². The minimum atomic E-state index is -0.0204. The first-order valence-electron chi connectivity index (χ1n) is 11.2. The van der Waals surface area contributed by atoms with Crippen LogP contribution in [-0.2, 0) is 11.2 Å². The summed E-state index contributed by atoms with van der Waals surface area (Å²) in [4.78, 5) is 19.7. The molecule has 1 fully saturated rings. The largest absolute Gasteiger partial charge is 0.332 e. The average molecular weight is 423 g/mol. The van der Waals surface area contributed by atoms with Gasteiger partial charge < -0.3 is 4.90 Å². The van der Waals surface area contributed by atoms with Crippen molar-refractivity contribution in [3.05, 3.63) is 96.3 Å². The fourth-order valence-corrected chi connectivity index (χ4v) is 4.38. The summed E-state index contributed by atoms with van der Waals surface area (Å²) < 4.78 is 0. The third-order valence-electron chi connectivity index (χ3n) is 6.11. The molecule has 32 heavy (non-hydrogen) atoms. The first kappa shape index (κ1) is 20.2. The Balaban J connectivity index is 1.22. The van der Waals surface area contributed by atoms with Crippen molar-refractivity contribution in [2.45, 2.75) is 31.7 Å². The number of H-pyrrole nitrogens is 1. The molecule has 0 radical (unpaired) electrons. The Hall–Kier alpha value is -3.73. The fourth-order valence-electron chi connectivity index (χ4n) is 4.38. The highest BCUT2D eigenvalue weighted by molar-refractivity contribution is 5.77. The highest BCUT2D eigenvalue weighted by atomic mass is 16.2. The fraction of sp³-hybridized carbons (Fsp3) is 0.222. The van der Waals surface area contributed by atoms with E-state index < -0.39 is 0 Å². The van der Waals surface area contributed by atoms with Crippen molar-refractivity contribution in [2.75, 3.05) is 6.54 Å². The summed E-state index contributed by atoms with van der Waals surface area (Å²) >= 11 is 0. The van der Waals surface area contributed by atoms with Gasteiger partial charge >= 0.3 is 0 Å². The van der Waals surface area contributed by atoms with Crippen LogP contribution in [0.5, 0.6) is 0 Å². The van der Waals surface area contributed by atoms with E-state index in [2.05, 4.69) is 46.6 Å². The first-order valence-corrected chi connectivity index (χ1v) is 11.2. The van der Waals surface area contributed by atoms with Crippen LogP contribution in [0.1, 0.15) is 36.7 Å². The number of carbonyl (C=O) groups is 1. The van der Waals surface area contributed by atoms with Crippen molar-refractivity contribution in [3.8, 4) is 22.5 Å². The molecule has 4 aromatic rings. The van der Waals surface area contributed by atoms with Gasteiger partial charge in [-0.15, -0.1) is 0 Å². The Morgan fingerprint density at radius 2 is 1.53 bits per heavy atom. The van der Waals surface area contributed by atoms with Crippen molar-refractivity contribution in [1.29, 1.82) is 0 Å². The van der Waals surface area contributed by atoms with Gasteiger partial charge in [-0.2, -0.15) is 5.10 Å². The number of aryl methyl sites for hydroxylation is 1. The molecule has 1 atom stereocenters. The van der Waals surface area contributed by atoms with Crippen molar-refractivity contribution in [1.82, 2.24) is 20.1 Å². The second-order valence-electron chi connectivity index (χ2n) is 8.22. The normalized spacial score (nSPS) is 15.8. The number of aromatic nitrogens is 3. The van der Waals surface area contributed by atoms with Crippen molar-refractivity contribution in [3.63, 3.8) is 0 Å². The van der Waals surface area contributed by atoms with Crippen LogP contribution in [0.25, 0.3) is 22.5 Å². The predicted octanol–water partition coefficient (Wildman–Crippen LogP) is 5.44. The maximum absolute atomic E-state index is 13.0. The number of nitrogens with one attached hydrogen (secondary N) is 1. The third kappa shape index (κ3) is 4.33. The smallest absolute Gasteiger partial charge is 0.223 e. The molecule has 1 amide bonds. The number of aromatic amines is 1. The van der Waals surface area contributed by atoms with Crippen LogP contribution in [0.15, 0.2) is 84.9 Å². The number of hydrogen-bond donors (Lipinski definition) is 1. The lowest BCUT2D eigenvalue weighted by molar-refractivity contribution is -0.132. The summed E-state index contributed by atoms with van der Waals surface area (Å²) in [7, 11) is 0. The minimum Gasteiger partial charge on any atom is -0.332 e. The highest BCUT2D eigenvalue weighted by Crippen LogP contribution is 2.31. The predicted molar refractivity (Wildman–Crippen MR) is 126 cm³/mol.